The average molecular weight is 585 g/mol. The molecule has 2 aliphatic rings. The van der Waals surface area contributed by atoms with Crippen molar-refractivity contribution in [3.8, 4) is 0 Å². The Hall–Kier alpha value is -1.19. The van der Waals surface area contributed by atoms with Crippen LogP contribution in [0.15, 0.2) is 0 Å². The van der Waals surface area contributed by atoms with Crippen molar-refractivity contribution in [3.63, 3.8) is 0 Å². The van der Waals surface area contributed by atoms with E-state index in [1.807, 2.05) is 0 Å². The fourth-order valence-electron chi connectivity index (χ4n) is 5.17. The van der Waals surface area contributed by atoms with Crippen molar-refractivity contribution in [2.24, 2.45) is 5.41 Å². The summed E-state index contributed by atoms with van der Waals surface area (Å²) < 4.78 is 32.8. The number of fused-ring (bicyclic) bond motifs is 1. The van der Waals surface area contributed by atoms with Crippen LogP contribution in [-0.2, 0) is 40.7 Å². The lowest BCUT2D eigenvalue weighted by molar-refractivity contribution is -0.157. The van der Waals surface area contributed by atoms with Gasteiger partial charge in [0.15, 0.2) is 14.1 Å². The van der Waals surface area contributed by atoms with E-state index in [1.165, 1.54) is 4.80 Å². The Morgan fingerprint density at radius 1 is 1.03 bits per heavy atom. The molecule has 12 heteroatoms. The molecular formula is C27H52N4O6Si2. The summed E-state index contributed by atoms with van der Waals surface area (Å²) in [4.78, 5) is 13.4. The third-order valence-electron chi connectivity index (χ3n) is 8.17. The van der Waals surface area contributed by atoms with Gasteiger partial charge in [-0.05, 0) is 44.1 Å². The minimum atomic E-state index is -2.73. The van der Waals surface area contributed by atoms with Crippen LogP contribution in [0.1, 0.15) is 88.9 Å². The average Bonchev–Trinajstić information content (AvgIpc) is 3.32. The number of rotatable bonds is 6. The van der Waals surface area contributed by atoms with E-state index in [4.69, 9.17) is 22.8 Å². The molecule has 0 unspecified atom stereocenters. The topological polar surface area (TPSA) is 107 Å². The number of carbonyl (C=O) groups excluding carboxylic acids is 1. The summed E-state index contributed by atoms with van der Waals surface area (Å²) in [6.07, 6.45) is -0.689. The van der Waals surface area contributed by atoms with Gasteiger partial charge >= 0.3 is 14.5 Å². The van der Waals surface area contributed by atoms with E-state index in [-0.39, 0.29) is 52.2 Å². The molecular weight excluding hydrogens is 532 g/mol. The second-order valence-corrected chi connectivity index (χ2v) is 25.2. The van der Waals surface area contributed by atoms with Crippen molar-refractivity contribution in [2.45, 2.75) is 149 Å². The standard InChI is InChI=1S/C27H52N4O6Si2/c1-24(2,3)23(32)33-17-31-29-20(28-30-31)15-18-21(36-38(13,14)25(4,5)6)22-19(35-18)16-34-39(37-22,26(7,8)9)27(10,11)12/h18-19,21-22H,15-17H2,1-14H3/t18-,19+,21-,22+/m0/s1. The number of tetrazole rings is 1. The van der Waals surface area contributed by atoms with Crippen LogP contribution in [0.4, 0.5) is 0 Å². The Morgan fingerprint density at radius 2 is 1.62 bits per heavy atom. The maximum atomic E-state index is 12.2. The normalized spacial score (nSPS) is 26.4. The number of aromatic nitrogens is 4. The summed E-state index contributed by atoms with van der Waals surface area (Å²) in [6.45, 7) is 30.3. The molecule has 39 heavy (non-hydrogen) atoms. The first-order valence-electron chi connectivity index (χ1n) is 14.1. The minimum Gasteiger partial charge on any atom is -0.440 e. The molecule has 4 atom stereocenters. The highest BCUT2D eigenvalue weighted by Gasteiger charge is 2.65. The van der Waals surface area contributed by atoms with Gasteiger partial charge < -0.3 is 22.8 Å². The summed E-state index contributed by atoms with van der Waals surface area (Å²) in [5, 5.41) is 12.5. The third-order valence-corrected chi connectivity index (χ3v) is 17.8. The molecule has 0 radical (unpaired) electrons. The van der Waals surface area contributed by atoms with Crippen LogP contribution in [0.5, 0.6) is 0 Å². The number of hydrogen-bond acceptors (Lipinski definition) is 9. The van der Waals surface area contributed by atoms with Gasteiger partial charge in [0.05, 0.1) is 24.2 Å². The molecule has 224 valence electrons. The quantitative estimate of drug-likeness (QED) is 0.322. The Balaban J connectivity index is 1.88. The van der Waals surface area contributed by atoms with E-state index < -0.39 is 22.3 Å². The van der Waals surface area contributed by atoms with Gasteiger partial charge in [0.2, 0.25) is 6.73 Å². The van der Waals surface area contributed by atoms with Crippen molar-refractivity contribution < 1.29 is 27.5 Å². The minimum absolute atomic E-state index is 0.0156. The van der Waals surface area contributed by atoms with Crippen LogP contribution in [0.3, 0.4) is 0 Å². The van der Waals surface area contributed by atoms with Crippen molar-refractivity contribution in [1.82, 2.24) is 20.2 Å². The molecule has 1 aromatic heterocycles. The van der Waals surface area contributed by atoms with Gasteiger partial charge in [-0.25, -0.2) is 0 Å². The fourth-order valence-corrected chi connectivity index (χ4v) is 11.4. The molecule has 0 aromatic carbocycles. The third kappa shape index (κ3) is 6.67. The Labute approximate surface area is 237 Å². The highest BCUT2D eigenvalue weighted by Crippen LogP contribution is 2.56. The van der Waals surface area contributed by atoms with Crippen LogP contribution in [0, 0.1) is 5.41 Å². The molecule has 2 saturated heterocycles. The second kappa shape index (κ2) is 10.6. The van der Waals surface area contributed by atoms with Gasteiger partial charge in [-0.2, -0.15) is 0 Å². The van der Waals surface area contributed by atoms with Crippen LogP contribution < -0.4 is 0 Å². The number of hydrogen-bond donors (Lipinski definition) is 0. The molecule has 3 heterocycles. The van der Waals surface area contributed by atoms with E-state index in [1.54, 1.807) is 20.8 Å². The Morgan fingerprint density at radius 3 is 2.13 bits per heavy atom. The van der Waals surface area contributed by atoms with Crippen molar-refractivity contribution >= 4 is 22.8 Å². The van der Waals surface area contributed by atoms with Crippen molar-refractivity contribution in [2.75, 3.05) is 6.61 Å². The number of esters is 1. The second-order valence-electron chi connectivity index (χ2n) is 15.7. The molecule has 10 nitrogen and oxygen atoms in total. The zero-order valence-corrected chi connectivity index (χ0v) is 28.7. The molecule has 2 fully saturated rings. The summed E-state index contributed by atoms with van der Waals surface area (Å²) in [5.74, 6) is 0.181. The number of ether oxygens (including phenoxy) is 2. The number of nitrogens with zero attached hydrogens (tertiary/aromatic N) is 4. The van der Waals surface area contributed by atoms with Crippen molar-refractivity contribution in [3.05, 3.63) is 5.82 Å². The molecule has 0 saturated carbocycles. The Bertz CT molecular complexity index is 1010. The first-order chi connectivity index (χ1) is 17.5. The van der Waals surface area contributed by atoms with E-state index in [2.05, 4.69) is 90.8 Å². The zero-order valence-electron chi connectivity index (χ0n) is 26.7. The lowest BCUT2D eigenvalue weighted by Crippen LogP contribution is -2.66. The van der Waals surface area contributed by atoms with Gasteiger partial charge in [0.25, 0.3) is 0 Å². The maximum Gasteiger partial charge on any atom is 0.349 e. The highest BCUT2D eigenvalue weighted by molar-refractivity contribution is 6.74. The molecule has 0 spiro atoms. The van der Waals surface area contributed by atoms with E-state index in [0.29, 0.717) is 18.9 Å². The molecule has 0 amide bonds. The molecule has 0 bridgehead atoms. The van der Waals surface area contributed by atoms with Crippen LogP contribution in [0.25, 0.3) is 0 Å². The summed E-state index contributed by atoms with van der Waals surface area (Å²) >= 11 is 0. The molecule has 2 aliphatic heterocycles. The van der Waals surface area contributed by atoms with E-state index in [0.717, 1.165) is 0 Å². The van der Waals surface area contributed by atoms with E-state index in [9.17, 15) is 4.79 Å². The summed E-state index contributed by atoms with van der Waals surface area (Å²) in [7, 11) is -4.92. The monoisotopic (exact) mass is 584 g/mol. The number of carbonyl (C=O) groups is 1. The predicted molar refractivity (Wildman–Crippen MR) is 154 cm³/mol. The maximum absolute atomic E-state index is 12.2. The first kappa shape index (κ1) is 32.3. The van der Waals surface area contributed by atoms with Gasteiger partial charge in [-0.15, -0.1) is 15.0 Å². The van der Waals surface area contributed by atoms with Gasteiger partial charge in [0, 0.05) is 16.5 Å². The molecule has 1 aromatic rings. The summed E-state index contributed by atoms with van der Waals surface area (Å²) in [6, 6.07) is 0. The van der Waals surface area contributed by atoms with E-state index >= 15 is 0 Å². The molecule has 0 N–H and O–H groups in total. The lowest BCUT2D eigenvalue weighted by atomic mass is 9.98. The van der Waals surface area contributed by atoms with Crippen LogP contribution >= 0.6 is 0 Å². The zero-order chi connectivity index (χ0) is 29.8. The van der Waals surface area contributed by atoms with Crippen molar-refractivity contribution in [1.29, 1.82) is 0 Å². The predicted octanol–water partition coefficient (Wildman–Crippen LogP) is 5.38. The van der Waals surface area contributed by atoms with Gasteiger partial charge in [-0.3, -0.25) is 4.79 Å². The smallest absolute Gasteiger partial charge is 0.349 e. The first-order valence-corrected chi connectivity index (χ1v) is 18.8. The van der Waals surface area contributed by atoms with Crippen LogP contribution in [0.2, 0.25) is 28.2 Å². The van der Waals surface area contributed by atoms with Gasteiger partial charge in [0.1, 0.15) is 12.2 Å². The lowest BCUT2D eigenvalue weighted by Gasteiger charge is -2.54. The SMILES string of the molecule is CC(C)(C)C(=O)OCn1nnc(C[C@@H]2O[C@@H]3CO[Si](C(C)(C)C)(C(C)(C)C)O[C@H]3[C@H]2O[Si](C)(C)C(C)(C)C)n1. The fraction of sp³-hybridized carbons (Fsp3) is 0.926. The van der Waals surface area contributed by atoms with Gasteiger partial charge in [-0.1, -0.05) is 62.3 Å². The highest BCUT2D eigenvalue weighted by atomic mass is 28.4. The van der Waals surface area contributed by atoms with Crippen LogP contribution in [-0.4, -0.2) is 74.1 Å². The largest absolute Gasteiger partial charge is 0.440 e. The molecule has 3 rings (SSSR count). The Kier molecular flexibility index (Phi) is 8.77. The summed E-state index contributed by atoms with van der Waals surface area (Å²) in [5.41, 5.74) is -0.605. The molecule has 0 aliphatic carbocycles.